The number of benzene rings is 1. The normalized spacial score (nSPS) is 10.3. The van der Waals surface area contributed by atoms with E-state index in [0.29, 0.717) is 18.9 Å². The fourth-order valence-electron chi connectivity index (χ4n) is 1.21. The van der Waals surface area contributed by atoms with Crippen LogP contribution in [0.2, 0.25) is 0 Å². The van der Waals surface area contributed by atoms with E-state index >= 15 is 0 Å². The lowest BCUT2D eigenvalue weighted by molar-refractivity contribution is 0.0217. The van der Waals surface area contributed by atoms with Crippen molar-refractivity contribution >= 4 is 0 Å². The maximum atomic E-state index is 12.9. The number of hydrogen-bond donors (Lipinski definition) is 1. The van der Waals surface area contributed by atoms with Crippen LogP contribution in [0.3, 0.4) is 0 Å². The van der Waals surface area contributed by atoms with Gasteiger partial charge in [0.1, 0.15) is 11.6 Å². The molecule has 3 nitrogen and oxygen atoms in total. The Kier molecular flexibility index (Phi) is 5.07. The lowest BCUT2D eigenvalue weighted by Gasteiger charge is -2.10. The monoisotopic (exact) mass is 213 g/mol. The molecule has 1 aromatic carbocycles. The molecule has 0 fully saturated rings. The molecular weight excluding hydrogens is 197 g/mol. The highest BCUT2D eigenvalue weighted by Gasteiger charge is 2.04. The molecule has 0 radical (unpaired) electrons. The molecule has 0 heterocycles. The highest BCUT2D eigenvalue weighted by atomic mass is 19.1. The lowest BCUT2D eigenvalue weighted by Crippen LogP contribution is -2.09. The molecule has 0 bridgehead atoms. The first-order valence-electron chi connectivity index (χ1n) is 4.91. The van der Waals surface area contributed by atoms with Crippen molar-refractivity contribution < 1.29 is 13.9 Å². The quantitative estimate of drug-likeness (QED) is 0.578. The van der Waals surface area contributed by atoms with Crippen LogP contribution in [-0.2, 0) is 11.3 Å². The predicted molar refractivity (Wildman–Crippen MR) is 56.3 cm³/mol. The third-order valence-electron chi connectivity index (χ3n) is 1.89. The number of ether oxygens (including phenoxy) is 2. The molecule has 1 aromatic rings. The Bertz CT molecular complexity index is 305. The first kappa shape index (κ1) is 11.9. The fraction of sp³-hybridized carbons (Fsp3) is 0.455. The van der Waals surface area contributed by atoms with Gasteiger partial charge in [0.25, 0.3) is 0 Å². The van der Waals surface area contributed by atoms with E-state index in [1.165, 1.54) is 12.1 Å². The Balaban J connectivity index is 2.67. The van der Waals surface area contributed by atoms with Crippen molar-refractivity contribution in [1.29, 1.82) is 0 Å². The summed E-state index contributed by atoms with van der Waals surface area (Å²) in [5.41, 5.74) is 0.789. The van der Waals surface area contributed by atoms with E-state index < -0.39 is 0 Å². The van der Waals surface area contributed by atoms with Crippen molar-refractivity contribution in [3.63, 3.8) is 0 Å². The molecule has 0 saturated carbocycles. The largest absolute Gasteiger partial charge is 0.467 e. The summed E-state index contributed by atoms with van der Waals surface area (Å²) < 4.78 is 23.4. The standard InChI is InChI=1S/C11H16FNO2/c1-3-14-8-15-11-5-4-10(12)6-9(11)7-13-2/h4-6,13H,3,7-8H2,1-2H3. The molecule has 84 valence electrons. The van der Waals surface area contributed by atoms with Crippen LogP contribution >= 0.6 is 0 Å². The fourth-order valence-corrected chi connectivity index (χ4v) is 1.21. The van der Waals surface area contributed by atoms with Gasteiger partial charge >= 0.3 is 0 Å². The van der Waals surface area contributed by atoms with Gasteiger partial charge < -0.3 is 14.8 Å². The van der Waals surface area contributed by atoms with Gasteiger partial charge in [-0.15, -0.1) is 0 Å². The summed E-state index contributed by atoms with van der Waals surface area (Å²) >= 11 is 0. The molecule has 0 unspecified atom stereocenters. The van der Waals surface area contributed by atoms with Crippen LogP contribution in [0.15, 0.2) is 18.2 Å². The molecule has 0 atom stereocenters. The Hall–Kier alpha value is -1.13. The summed E-state index contributed by atoms with van der Waals surface area (Å²) in [7, 11) is 1.80. The van der Waals surface area contributed by atoms with Gasteiger partial charge in [-0.3, -0.25) is 0 Å². The van der Waals surface area contributed by atoms with E-state index in [9.17, 15) is 4.39 Å². The summed E-state index contributed by atoms with van der Waals surface area (Å²) in [6.07, 6.45) is 0. The number of hydrogen-bond acceptors (Lipinski definition) is 3. The van der Waals surface area contributed by atoms with Gasteiger partial charge in [-0.25, -0.2) is 4.39 Å². The molecule has 0 aliphatic heterocycles. The SMILES string of the molecule is CCOCOc1ccc(F)cc1CNC. The highest BCUT2D eigenvalue weighted by Crippen LogP contribution is 2.19. The number of rotatable bonds is 6. The molecule has 0 aliphatic rings. The Morgan fingerprint density at radius 2 is 2.20 bits per heavy atom. The van der Waals surface area contributed by atoms with Crippen molar-refractivity contribution in [2.45, 2.75) is 13.5 Å². The molecule has 0 spiro atoms. The molecule has 0 aliphatic carbocycles. The Morgan fingerprint density at radius 3 is 2.87 bits per heavy atom. The molecule has 1 N–H and O–H groups in total. The first-order valence-corrected chi connectivity index (χ1v) is 4.91. The smallest absolute Gasteiger partial charge is 0.189 e. The minimum atomic E-state index is -0.260. The van der Waals surface area contributed by atoms with E-state index in [2.05, 4.69) is 5.32 Å². The molecule has 15 heavy (non-hydrogen) atoms. The maximum absolute atomic E-state index is 12.9. The molecule has 0 amide bonds. The van der Waals surface area contributed by atoms with Crippen molar-refractivity contribution in [2.24, 2.45) is 0 Å². The van der Waals surface area contributed by atoms with Gasteiger partial charge in [-0.2, -0.15) is 0 Å². The second-order valence-corrected chi connectivity index (χ2v) is 3.04. The van der Waals surface area contributed by atoms with Crippen molar-refractivity contribution in [1.82, 2.24) is 5.32 Å². The zero-order chi connectivity index (χ0) is 11.1. The second kappa shape index (κ2) is 6.37. The van der Waals surface area contributed by atoms with Crippen LogP contribution < -0.4 is 10.1 Å². The van der Waals surface area contributed by atoms with Gasteiger partial charge in [-0.05, 0) is 32.2 Å². The Morgan fingerprint density at radius 1 is 1.40 bits per heavy atom. The number of nitrogens with one attached hydrogen (secondary N) is 1. The summed E-state index contributed by atoms with van der Waals surface area (Å²) in [4.78, 5) is 0. The first-order chi connectivity index (χ1) is 7.27. The third kappa shape index (κ3) is 3.85. The van der Waals surface area contributed by atoms with Gasteiger partial charge in [-0.1, -0.05) is 0 Å². The maximum Gasteiger partial charge on any atom is 0.189 e. The van der Waals surface area contributed by atoms with E-state index in [1.807, 2.05) is 6.92 Å². The van der Waals surface area contributed by atoms with Crippen LogP contribution in [0.5, 0.6) is 5.75 Å². The van der Waals surface area contributed by atoms with Crippen molar-refractivity contribution in [3.8, 4) is 5.75 Å². The molecular formula is C11H16FNO2. The lowest BCUT2D eigenvalue weighted by atomic mass is 10.2. The third-order valence-corrected chi connectivity index (χ3v) is 1.89. The van der Waals surface area contributed by atoms with Crippen LogP contribution in [0.4, 0.5) is 4.39 Å². The van der Waals surface area contributed by atoms with Crippen LogP contribution in [0.25, 0.3) is 0 Å². The van der Waals surface area contributed by atoms with Crippen LogP contribution in [-0.4, -0.2) is 20.4 Å². The predicted octanol–water partition coefficient (Wildman–Crippen LogP) is 1.92. The van der Waals surface area contributed by atoms with Gasteiger partial charge in [0, 0.05) is 18.7 Å². The van der Waals surface area contributed by atoms with Crippen molar-refractivity contribution in [3.05, 3.63) is 29.6 Å². The average molecular weight is 213 g/mol. The average Bonchev–Trinajstić information content (AvgIpc) is 2.22. The summed E-state index contributed by atoms with van der Waals surface area (Å²) in [6.45, 7) is 3.25. The van der Waals surface area contributed by atoms with E-state index in [4.69, 9.17) is 9.47 Å². The zero-order valence-corrected chi connectivity index (χ0v) is 9.05. The minimum absolute atomic E-state index is 0.193. The summed E-state index contributed by atoms with van der Waals surface area (Å²) in [5, 5.41) is 2.95. The van der Waals surface area contributed by atoms with Crippen molar-refractivity contribution in [2.75, 3.05) is 20.4 Å². The number of halogens is 1. The van der Waals surface area contributed by atoms with Crippen LogP contribution in [0.1, 0.15) is 12.5 Å². The van der Waals surface area contributed by atoms with Gasteiger partial charge in [0.15, 0.2) is 6.79 Å². The molecule has 0 saturated heterocycles. The zero-order valence-electron chi connectivity index (χ0n) is 9.05. The molecule has 4 heteroatoms. The van der Waals surface area contributed by atoms with E-state index in [1.54, 1.807) is 13.1 Å². The van der Waals surface area contributed by atoms with Gasteiger partial charge in [0.05, 0.1) is 0 Å². The summed E-state index contributed by atoms with van der Waals surface area (Å²) in [6, 6.07) is 4.44. The second-order valence-electron chi connectivity index (χ2n) is 3.04. The molecule has 1 rings (SSSR count). The summed E-state index contributed by atoms with van der Waals surface area (Å²) in [5.74, 6) is 0.392. The van der Waals surface area contributed by atoms with Gasteiger partial charge in [0.2, 0.25) is 0 Å². The minimum Gasteiger partial charge on any atom is -0.467 e. The molecule has 0 aromatic heterocycles. The van der Waals surface area contributed by atoms with E-state index in [0.717, 1.165) is 5.56 Å². The van der Waals surface area contributed by atoms with Crippen LogP contribution in [0, 0.1) is 5.82 Å². The Labute approximate surface area is 89.2 Å². The highest BCUT2D eigenvalue weighted by molar-refractivity contribution is 5.33. The van der Waals surface area contributed by atoms with E-state index in [-0.39, 0.29) is 12.6 Å². The topological polar surface area (TPSA) is 30.5 Å².